The number of rotatable bonds is 1. The van der Waals surface area contributed by atoms with Crippen LogP contribution in [0.15, 0.2) is 18.2 Å². The average molecular weight is 344 g/mol. The third-order valence-corrected chi connectivity index (χ3v) is 5.67. The van der Waals surface area contributed by atoms with Gasteiger partial charge in [-0.15, -0.1) is 0 Å². The molecular weight excluding hydrogens is 324 g/mol. The molecule has 0 saturated carbocycles. The molecule has 3 fully saturated rings. The molecule has 0 N–H and O–H groups in total. The SMILES string of the molecule is O=C(c1cccc2c1OCCO2)N1CC[C@@]23OCCCN2C(=O)C[C@@H]13. The van der Waals surface area contributed by atoms with Gasteiger partial charge in [0.2, 0.25) is 5.91 Å². The molecule has 1 aromatic carbocycles. The first-order valence-corrected chi connectivity index (χ1v) is 8.85. The fraction of sp³-hybridized carbons (Fsp3) is 0.556. The topological polar surface area (TPSA) is 68.3 Å². The number of carbonyl (C=O) groups excluding carboxylic acids is 2. The summed E-state index contributed by atoms with van der Waals surface area (Å²) in [5.74, 6) is 1.07. The van der Waals surface area contributed by atoms with Gasteiger partial charge in [-0.1, -0.05) is 6.07 Å². The Kier molecular flexibility index (Phi) is 3.22. The van der Waals surface area contributed by atoms with Crippen LogP contribution in [0.3, 0.4) is 0 Å². The van der Waals surface area contributed by atoms with Crippen LogP contribution in [0.25, 0.3) is 0 Å². The predicted molar refractivity (Wildman–Crippen MR) is 86.5 cm³/mol. The molecule has 0 aliphatic carbocycles. The van der Waals surface area contributed by atoms with Gasteiger partial charge >= 0.3 is 0 Å². The molecule has 0 radical (unpaired) electrons. The number of ether oxygens (including phenoxy) is 3. The number of para-hydroxylation sites is 1. The highest BCUT2D eigenvalue weighted by Crippen LogP contribution is 2.46. The van der Waals surface area contributed by atoms with Crippen molar-refractivity contribution in [1.29, 1.82) is 0 Å². The molecular formula is C18H20N2O5. The zero-order valence-corrected chi connectivity index (χ0v) is 13.9. The number of fused-ring (bicyclic) bond motifs is 1. The second-order valence-electron chi connectivity index (χ2n) is 6.89. The fourth-order valence-electron chi connectivity index (χ4n) is 4.59. The van der Waals surface area contributed by atoms with E-state index in [1.54, 1.807) is 17.0 Å². The zero-order valence-electron chi connectivity index (χ0n) is 13.9. The Morgan fingerprint density at radius 1 is 1.16 bits per heavy atom. The molecule has 1 aromatic rings. The molecule has 5 rings (SSSR count). The lowest BCUT2D eigenvalue weighted by Crippen LogP contribution is -2.56. The fourth-order valence-corrected chi connectivity index (χ4v) is 4.59. The molecule has 0 aromatic heterocycles. The maximum absolute atomic E-state index is 13.2. The van der Waals surface area contributed by atoms with Crippen molar-refractivity contribution in [2.24, 2.45) is 0 Å². The Hall–Kier alpha value is -2.28. The largest absolute Gasteiger partial charge is 0.486 e. The van der Waals surface area contributed by atoms with Crippen LogP contribution in [0.1, 0.15) is 29.6 Å². The Morgan fingerprint density at radius 2 is 2.04 bits per heavy atom. The van der Waals surface area contributed by atoms with E-state index in [2.05, 4.69) is 0 Å². The van der Waals surface area contributed by atoms with Gasteiger partial charge in [0.25, 0.3) is 5.91 Å². The van der Waals surface area contributed by atoms with Crippen LogP contribution in [0, 0.1) is 0 Å². The van der Waals surface area contributed by atoms with Crippen LogP contribution in [0.4, 0.5) is 0 Å². The smallest absolute Gasteiger partial charge is 0.258 e. The van der Waals surface area contributed by atoms with Gasteiger partial charge in [0.1, 0.15) is 13.2 Å². The molecule has 4 aliphatic heterocycles. The minimum Gasteiger partial charge on any atom is -0.486 e. The number of hydrogen-bond acceptors (Lipinski definition) is 5. The zero-order chi connectivity index (χ0) is 17.0. The van der Waals surface area contributed by atoms with Crippen LogP contribution in [-0.4, -0.2) is 66.3 Å². The van der Waals surface area contributed by atoms with E-state index in [-0.39, 0.29) is 17.9 Å². The molecule has 2 amide bonds. The third-order valence-electron chi connectivity index (χ3n) is 5.67. The first-order valence-electron chi connectivity index (χ1n) is 8.85. The van der Waals surface area contributed by atoms with Crippen LogP contribution in [-0.2, 0) is 9.53 Å². The summed E-state index contributed by atoms with van der Waals surface area (Å²) in [7, 11) is 0. The molecule has 132 valence electrons. The van der Waals surface area contributed by atoms with Crippen molar-refractivity contribution in [2.75, 3.05) is 32.9 Å². The summed E-state index contributed by atoms with van der Waals surface area (Å²) in [5.41, 5.74) is -0.132. The Labute approximate surface area is 145 Å². The summed E-state index contributed by atoms with van der Waals surface area (Å²) >= 11 is 0. The number of amides is 2. The van der Waals surface area contributed by atoms with Gasteiger partial charge < -0.3 is 24.0 Å². The van der Waals surface area contributed by atoms with Crippen molar-refractivity contribution in [2.45, 2.75) is 31.0 Å². The maximum atomic E-state index is 13.2. The minimum atomic E-state index is -0.628. The summed E-state index contributed by atoms with van der Waals surface area (Å²) in [5, 5.41) is 0. The second kappa shape index (κ2) is 5.36. The van der Waals surface area contributed by atoms with Gasteiger partial charge in [-0.2, -0.15) is 0 Å². The quantitative estimate of drug-likeness (QED) is 0.761. The van der Waals surface area contributed by atoms with E-state index >= 15 is 0 Å². The Balaban J connectivity index is 1.49. The van der Waals surface area contributed by atoms with E-state index in [4.69, 9.17) is 14.2 Å². The van der Waals surface area contributed by atoms with Crippen molar-refractivity contribution in [3.05, 3.63) is 23.8 Å². The molecule has 4 aliphatic rings. The molecule has 25 heavy (non-hydrogen) atoms. The number of benzene rings is 1. The number of carbonyl (C=O) groups is 2. The summed E-state index contributed by atoms with van der Waals surface area (Å²) in [4.78, 5) is 29.3. The monoisotopic (exact) mass is 344 g/mol. The van der Waals surface area contributed by atoms with Crippen molar-refractivity contribution in [3.8, 4) is 11.5 Å². The lowest BCUT2D eigenvalue weighted by molar-refractivity contribution is -0.179. The van der Waals surface area contributed by atoms with Gasteiger partial charge in [0.05, 0.1) is 24.6 Å². The summed E-state index contributed by atoms with van der Waals surface area (Å²) in [6.07, 6.45) is 1.85. The van der Waals surface area contributed by atoms with E-state index in [1.165, 1.54) is 0 Å². The lowest BCUT2D eigenvalue weighted by atomic mass is 10.0. The van der Waals surface area contributed by atoms with Crippen molar-refractivity contribution < 1.29 is 23.8 Å². The molecule has 1 spiro atoms. The molecule has 0 bridgehead atoms. The van der Waals surface area contributed by atoms with Gasteiger partial charge in [-0.25, -0.2) is 0 Å². The number of likely N-dealkylation sites (tertiary alicyclic amines) is 1. The molecule has 4 heterocycles. The molecule has 3 saturated heterocycles. The third kappa shape index (κ3) is 2.02. The molecule has 7 nitrogen and oxygen atoms in total. The second-order valence-corrected chi connectivity index (χ2v) is 6.89. The summed E-state index contributed by atoms with van der Waals surface area (Å²) < 4.78 is 17.3. The van der Waals surface area contributed by atoms with E-state index < -0.39 is 5.72 Å². The van der Waals surface area contributed by atoms with Crippen LogP contribution in [0.2, 0.25) is 0 Å². The molecule has 7 heteroatoms. The van der Waals surface area contributed by atoms with E-state index in [1.807, 2.05) is 11.0 Å². The summed E-state index contributed by atoms with van der Waals surface area (Å²) in [6.45, 7) is 2.85. The number of nitrogens with zero attached hydrogens (tertiary/aromatic N) is 2. The average Bonchev–Trinajstić information content (AvgIpc) is 3.13. The van der Waals surface area contributed by atoms with Crippen LogP contribution in [0.5, 0.6) is 11.5 Å². The van der Waals surface area contributed by atoms with Gasteiger partial charge in [-0.05, 0) is 18.6 Å². The number of hydrogen-bond donors (Lipinski definition) is 0. The van der Waals surface area contributed by atoms with E-state index in [9.17, 15) is 9.59 Å². The van der Waals surface area contributed by atoms with E-state index in [0.29, 0.717) is 56.3 Å². The van der Waals surface area contributed by atoms with Crippen molar-refractivity contribution in [3.63, 3.8) is 0 Å². The van der Waals surface area contributed by atoms with Crippen LogP contribution >= 0.6 is 0 Å². The minimum absolute atomic E-state index is 0.0804. The van der Waals surface area contributed by atoms with Crippen LogP contribution < -0.4 is 9.47 Å². The lowest BCUT2D eigenvalue weighted by Gasteiger charge is -2.42. The van der Waals surface area contributed by atoms with E-state index in [0.717, 1.165) is 13.0 Å². The van der Waals surface area contributed by atoms with Crippen molar-refractivity contribution in [1.82, 2.24) is 9.80 Å². The Morgan fingerprint density at radius 3 is 2.96 bits per heavy atom. The maximum Gasteiger partial charge on any atom is 0.258 e. The summed E-state index contributed by atoms with van der Waals surface area (Å²) in [6, 6.07) is 5.14. The first-order chi connectivity index (χ1) is 12.2. The molecule has 2 atom stereocenters. The van der Waals surface area contributed by atoms with Gasteiger partial charge in [0, 0.05) is 19.5 Å². The highest BCUT2D eigenvalue weighted by molar-refractivity contribution is 5.99. The van der Waals surface area contributed by atoms with Gasteiger partial charge in [0.15, 0.2) is 17.2 Å². The van der Waals surface area contributed by atoms with Crippen molar-refractivity contribution >= 4 is 11.8 Å². The van der Waals surface area contributed by atoms with Gasteiger partial charge in [-0.3, -0.25) is 9.59 Å². The highest BCUT2D eigenvalue weighted by Gasteiger charge is 2.61. The standard InChI is InChI=1S/C18H20N2O5/c21-15-11-14-18(20(15)6-2-8-25-18)5-7-19(14)17(22)12-3-1-4-13-16(12)24-10-9-23-13/h1,3-4,14H,2,5-11H2/t14-,18+/m1/s1. The highest BCUT2D eigenvalue weighted by atomic mass is 16.6. The molecule has 0 unspecified atom stereocenters. The predicted octanol–water partition coefficient (Wildman–Crippen LogP) is 1.02. The Bertz CT molecular complexity index is 751. The normalized spacial score (nSPS) is 30.2. The first kappa shape index (κ1) is 15.0.